The van der Waals surface area contributed by atoms with E-state index in [0.29, 0.717) is 23.2 Å². The quantitative estimate of drug-likeness (QED) is 0.675. The van der Waals surface area contributed by atoms with Crippen molar-refractivity contribution in [1.82, 2.24) is 20.3 Å². The first-order chi connectivity index (χ1) is 14.4. The number of fused-ring (bicyclic) bond motifs is 1. The Balaban J connectivity index is 1.54. The second-order valence-corrected chi connectivity index (χ2v) is 7.22. The van der Waals surface area contributed by atoms with E-state index in [-0.39, 0.29) is 25.3 Å². The van der Waals surface area contributed by atoms with Crippen molar-refractivity contribution in [3.8, 4) is 0 Å². The van der Waals surface area contributed by atoms with Crippen LogP contribution in [0.3, 0.4) is 0 Å². The molecule has 5 nitrogen and oxygen atoms in total. The lowest BCUT2D eigenvalue weighted by Crippen LogP contribution is -2.24. The van der Waals surface area contributed by atoms with Crippen molar-refractivity contribution in [3.63, 3.8) is 0 Å². The molecule has 1 aliphatic rings. The Morgan fingerprint density at radius 3 is 2.73 bits per heavy atom. The van der Waals surface area contributed by atoms with Gasteiger partial charge in [-0.05, 0) is 30.9 Å². The van der Waals surface area contributed by atoms with Crippen LogP contribution in [0.5, 0.6) is 0 Å². The van der Waals surface area contributed by atoms with Crippen LogP contribution in [-0.2, 0) is 6.54 Å². The van der Waals surface area contributed by atoms with Gasteiger partial charge in [0, 0.05) is 29.5 Å². The number of pyridine rings is 1. The van der Waals surface area contributed by atoms with E-state index in [9.17, 15) is 18.0 Å². The number of rotatable bonds is 4. The Labute approximate surface area is 171 Å². The van der Waals surface area contributed by atoms with E-state index in [1.807, 2.05) is 18.2 Å². The molecule has 2 aromatic heterocycles. The number of alkyl halides is 3. The first kappa shape index (κ1) is 20.0. The Bertz CT molecular complexity index is 1100. The fourth-order valence-corrected chi connectivity index (χ4v) is 3.61. The van der Waals surface area contributed by atoms with Crippen molar-refractivity contribution < 1.29 is 18.0 Å². The maximum absolute atomic E-state index is 12.9. The summed E-state index contributed by atoms with van der Waals surface area (Å²) in [6, 6.07) is 7.27. The average molecular weight is 412 g/mol. The summed E-state index contributed by atoms with van der Waals surface area (Å²) < 4.78 is 38.8. The highest BCUT2D eigenvalue weighted by Gasteiger charge is 2.39. The number of aromatic nitrogens is 3. The molecule has 1 aromatic carbocycles. The summed E-state index contributed by atoms with van der Waals surface area (Å²) >= 11 is 0. The smallest absolute Gasteiger partial charge is 0.346 e. The molecule has 0 aliphatic heterocycles. The number of hydrogen-bond donors (Lipinski definition) is 1. The molecule has 1 aliphatic carbocycles. The summed E-state index contributed by atoms with van der Waals surface area (Å²) in [6.07, 6.45) is 4.09. The van der Waals surface area contributed by atoms with Gasteiger partial charge < -0.3 is 5.32 Å². The van der Waals surface area contributed by atoms with Crippen LogP contribution < -0.4 is 5.32 Å². The molecule has 0 radical (unpaired) electrons. The maximum Gasteiger partial charge on any atom is 0.392 e. The van der Waals surface area contributed by atoms with Crippen molar-refractivity contribution in [1.29, 1.82) is 0 Å². The molecule has 1 amide bonds. The number of amides is 1. The number of carbonyl (C=O) groups is 1. The highest BCUT2D eigenvalue weighted by atomic mass is 19.4. The van der Waals surface area contributed by atoms with E-state index < -0.39 is 12.1 Å². The van der Waals surface area contributed by atoms with Crippen molar-refractivity contribution in [3.05, 3.63) is 71.9 Å². The average Bonchev–Trinajstić information content (AvgIpc) is 2.77. The number of hydrogen-bond acceptors (Lipinski definition) is 4. The normalized spacial score (nSPS) is 16.9. The van der Waals surface area contributed by atoms with E-state index in [0.717, 1.165) is 16.5 Å². The molecule has 1 N–H and O–H groups in total. The molecule has 4 rings (SSSR count). The zero-order chi connectivity index (χ0) is 21.1. The molecule has 3 aromatic rings. The standard InChI is InChI=1S/C22H19F3N4O/c23-22(24,25)17-6-4-14(5-7-17)19-3-1-2-15-10-16(11-28-20(15)19)21(30)29-13-18-12-26-8-9-27-18/h1-4,8-12,17H,5-7,13H2,(H,29,30)/t17-/m1/s1. The molecule has 2 heterocycles. The van der Waals surface area contributed by atoms with Gasteiger partial charge in [0.25, 0.3) is 5.91 Å². The minimum absolute atomic E-state index is 0.0158. The number of nitrogens with one attached hydrogen (secondary N) is 1. The fourth-order valence-electron chi connectivity index (χ4n) is 3.61. The topological polar surface area (TPSA) is 67.8 Å². The predicted octanol–water partition coefficient (Wildman–Crippen LogP) is 4.70. The van der Waals surface area contributed by atoms with E-state index in [1.165, 1.54) is 6.20 Å². The number of nitrogens with zero attached hydrogens (tertiary/aromatic N) is 3. The third-order valence-electron chi connectivity index (χ3n) is 5.24. The maximum atomic E-state index is 12.9. The molecule has 0 spiro atoms. The molecule has 8 heteroatoms. The van der Waals surface area contributed by atoms with Gasteiger partial charge in [-0.3, -0.25) is 19.7 Å². The highest BCUT2D eigenvalue weighted by Crippen LogP contribution is 2.40. The monoisotopic (exact) mass is 412 g/mol. The van der Waals surface area contributed by atoms with Crippen molar-refractivity contribution in [2.24, 2.45) is 5.92 Å². The lowest BCUT2D eigenvalue weighted by atomic mass is 9.85. The molecule has 0 saturated heterocycles. The predicted molar refractivity (Wildman–Crippen MR) is 106 cm³/mol. The van der Waals surface area contributed by atoms with Crippen molar-refractivity contribution in [2.45, 2.75) is 32.0 Å². The number of carbonyl (C=O) groups excluding carboxylic acids is 1. The van der Waals surface area contributed by atoms with Gasteiger partial charge in [0.15, 0.2) is 0 Å². The zero-order valence-electron chi connectivity index (χ0n) is 16.0. The minimum atomic E-state index is -4.16. The number of halogens is 3. The summed E-state index contributed by atoms with van der Waals surface area (Å²) in [5.41, 5.74) is 3.41. The summed E-state index contributed by atoms with van der Waals surface area (Å²) in [4.78, 5) is 25.0. The summed E-state index contributed by atoms with van der Waals surface area (Å²) in [6.45, 7) is 0.248. The van der Waals surface area contributed by atoms with Crippen LogP contribution in [0.2, 0.25) is 0 Å². The Hall–Kier alpha value is -3.29. The Kier molecular flexibility index (Phi) is 5.48. The van der Waals surface area contributed by atoms with Crippen LogP contribution in [0.25, 0.3) is 16.5 Å². The van der Waals surface area contributed by atoms with E-state index >= 15 is 0 Å². The number of benzene rings is 1. The van der Waals surface area contributed by atoms with Crippen LogP contribution >= 0.6 is 0 Å². The molecule has 0 bridgehead atoms. The van der Waals surface area contributed by atoms with Gasteiger partial charge in [-0.15, -0.1) is 0 Å². The summed E-state index contributed by atoms with van der Waals surface area (Å²) in [5, 5.41) is 3.54. The third-order valence-corrected chi connectivity index (χ3v) is 5.24. The minimum Gasteiger partial charge on any atom is -0.346 e. The molecule has 0 unspecified atom stereocenters. The van der Waals surface area contributed by atoms with Crippen LogP contribution in [0.4, 0.5) is 13.2 Å². The molecule has 0 fully saturated rings. The fraction of sp³-hybridized carbons (Fsp3) is 0.273. The Morgan fingerprint density at radius 2 is 2.03 bits per heavy atom. The van der Waals surface area contributed by atoms with Gasteiger partial charge in [0.05, 0.1) is 35.4 Å². The summed E-state index contributed by atoms with van der Waals surface area (Å²) in [7, 11) is 0. The van der Waals surface area contributed by atoms with E-state index in [1.54, 1.807) is 30.7 Å². The van der Waals surface area contributed by atoms with E-state index in [2.05, 4.69) is 20.3 Å². The molecule has 154 valence electrons. The van der Waals surface area contributed by atoms with Crippen molar-refractivity contribution >= 4 is 22.4 Å². The first-order valence-electron chi connectivity index (χ1n) is 9.60. The SMILES string of the molecule is O=C(NCc1cnccn1)c1cnc2c(C3=CC[C@@H](C(F)(F)F)CC3)cccc2c1. The number of para-hydroxylation sites is 1. The van der Waals surface area contributed by atoms with Gasteiger partial charge >= 0.3 is 6.18 Å². The lowest BCUT2D eigenvalue weighted by molar-refractivity contribution is -0.175. The third kappa shape index (κ3) is 4.32. The molecular weight excluding hydrogens is 393 g/mol. The largest absolute Gasteiger partial charge is 0.392 e. The van der Waals surface area contributed by atoms with E-state index in [4.69, 9.17) is 0 Å². The van der Waals surface area contributed by atoms with Gasteiger partial charge in [-0.2, -0.15) is 13.2 Å². The molecule has 0 saturated carbocycles. The molecule has 30 heavy (non-hydrogen) atoms. The first-order valence-corrected chi connectivity index (χ1v) is 9.60. The van der Waals surface area contributed by atoms with Gasteiger partial charge in [0.1, 0.15) is 0 Å². The van der Waals surface area contributed by atoms with Crippen LogP contribution in [0.1, 0.15) is 40.9 Å². The van der Waals surface area contributed by atoms with Crippen LogP contribution in [0.15, 0.2) is 55.1 Å². The second kappa shape index (κ2) is 8.22. The van der Waals surface area contributed by atoms with Crippen LogP contribution in [0, 0.1) is 5.92 Å². The molecular formula is C22H19F3N4O. The number of allylic oxidation sites excluding steroid dienone is 2. The highest BCUT2D eigenvalue weighted by molar-refractivity contribution is 5.99. The summed E-state index contributed by atoms with van der Waals surface area (Å²) in [5.74, 6) is -1.57. The van der Waals surface area contributed by atoms with Crippen LogP contribution in [-0.4, -0.2) is 27.0 Å². The van der Waals surface area contributed by atoms with Gasteiger partial charge in [-0.25, -0.2) is 0 Å². The lowest BCUT2D eigenvalue weighted by Gasteiger charge is -2.24. The molecule has 1 atom stereocenters. The van der Waals surface area contributed by atoms with Gasteiger partial charge in [-0.1, -0.05) is 24.3 Å². The zero-order valence-corrected chi connectivity index (χ0v) is 16.0. The second-order valence-electron chi connectivity index (χ2n) is 7.22. The Morgan fingerprint density at radius 1 is 1.17 bits per heavy atom. The van der Waals surface area contributed by atoms with Gasteiger partial charge in [0.2, 0.25) is 0 Å². The van der Waals surface area contributed by atoms with Crippen molar-refractivity contribution in [2.75, 3.05) is 0 Å².